The third kappa shape index (κ3) is 4.72. The lowest BCUT2D eigenvalue weighted by Gasteiger charge is -2.31. The minimum atomic E-state index is -0.261. The zero-order valence-electron chi connectivity index (χ0n) is 18.0. The maximum Gasteiger partial charge on any atom is 0.274 e. The summed E-state index contributed by atoms with van der Waals surface area (Å²) >= 11 is 0. The van der Waals surface area contributed by atoms with Gasteiger partial charge in [-0.1, -0.05) is 0 Å². The van der Waals surface area contributed by atoms with Crippen LogP contribution in [0.5, 0.6) is 5.75 Å². The summed E-state index contributed by atoms with van der Waals surface area (Å²) in [5.74, 6) is 1.19. The number of hydrogen-bond donors (Lipinski definition) is 1. The zero-order valence-corrected chi connectivity index (χ0v) is 18.0. The summed E-state index contributed by atoms with van der Waals surface area (Å²) in [5.41, 5.74) is 2.07. The molecule has 1 aliphatic heterocycles. The van der Waals surface area contributed by atoms with Crippen LogP contribution in [-0.4, -0.2) is 56.8 Å². The second-order valence-corrected chi connectivity index (χ2v) is 7.57. The highest BCUT2D eigenvalue weighted by Gasteiger charge is 2.27. The number of nitrogens with one attached hydrogen (secondary N) is 1. The number of methoxy groups -OCH3 is 1. The molecule has 2 amide bonds. The Morgan fingerprint density at radius 2 is 1.81 bits per heavy atom. The molecule has 0 unspecified atom stereocenters. The van der Waals surface area contributed by atoms with E-state index in [0.717, 1.165) is 18.6 Å². The number of piperidine rings is 1. The van der Waals surface area contributed by atoms with Crippen molar-refractivity contribution in [1.29, 1.82) is 0 Å². The standard InChI is InChI=1S/C23H24N6O3/c1-15-19(22(30)28-17-3-5-18(32-2)6-4-17)13-26-21(27-15)16-7-11-29(12-8-16)23(31)20-14-24-9-10-25-20/h3-6,9-10,13-14,16H,7-8,11-12H2,1-2H3,(H,28,30). The zero-order chi connectivity index (χ0) is 22.5. The van der Waals surface area contributed by atoms with Crippen LogP contribution in [0.25, 0.3) is 0 Å². The van der Waals surface area contributed by atoms with E-state index in [0.29, 0.717) is 41.6 Å². The number of carbonyl (C=O) groups excluding carboxylic acids is 2. The third-order valence-electron chi connectivity index (χ3n) is 5.52. The maximum absolute atomic E-state index is 12.7. The van der Waals surface area contributed by atoms with Crippen molar-refractivity contribution < 1.29 is 14.3 Å². The highest BCUT2D eigenvalue weighted by atomic mass is 16.5. The first-order valence-electron chi connectivity index (χ1n) is 10.4. The van der Waals surface area contributed by atoms with Gasteiger partial charge >= 0.3 is 0 Å². The van der Waals surface area contributed by atoms with E-state index < -0.39 is 0 Å². The number of nitrogens with zero attached hydrogens (tertiary/aromatic N) is 5. The average Bonchev–Trinajstić information content (AvgIpc) is 2.84. The van der Waals surface area contributed by atoms with Gasteiger partial charge in [-0.05, 0) is 44.0 Å². The number of hydrogen-bond acceptors (Lipinski definition) is 7. The number of anilines is 1. The van der Waals surface area contributed by atoms with Gasteiger partial charge in [0.25, 0.3) is 11.8 Å². The average molecular weight is 432 g/mol. The fraction of sp³-hybridized carbons (Fsp3) is 0.304. The summed E-state index contributed by atoms with van der Waals surface area (Å²) in [6.45, 7) is 3.01. The quantitative estimate of drug-likeness (QED) is 0.660. The Balaban J connectivity index is 1.38. The van der Waals surface area contributed by atoms with Gasteiger partial charge in [0.2, 0.25) is 0 Å². The van der Waals surface area contributed by atoms with Gasteiger partial charge in [-0.3, -0.25) is 14.6 Å². The van der Waals surface area contributed by atoms with Gasteiger partial charge in [-0.25, -0.2) is 15.0 Å². The lowest BCUT2D eigenvalue weighted by atomic mass is 9.95. The Bertz CT molecular complexity index is 1100. The third-order valence-corrected chi connectivity index (χ3v) is 5.52. The van der Waals surface area contributed by atoms with Crippen molar-refractivity contribution >= 4 is 17.5 Å². The molecule has 1 aliphatic rings. The summed E-state index contributed by atoms with van der Waals surface area (Å²) in [4.78, 5) is 44.1. The van der Waals surface area contributed by atoms with Gasteiger partial charge in [-0.2, -0.15) is 0 Å². The van der Waals surface area contributed by atoms with Gasteiger partial charge in [-0.15, -0.1) is 0 Å². The van der Waals surface area contributed by atoms with E-state index in [1.54, 1.807) is 55.6 Å². The molecular formula is C23H24N6O3. The van der Waals surface area contributed by atoms with Gasteiger partial charge < -0.3 is 15.0 Å². The van der Waals surface area contributed by atoms with Gasteiger partial charge in [0, 0.05) is 43.3 Å². The van der Waals surface area contributed by atoms with Crippen molar-refractivity contribution in [3.8, 4) is 5.75 Å². The normalized spacial score (nSPS) is 14.1. The number of likely N-dealkylation sites (tertiary alicyclic amines) is 1. The van der Waals surface area contributed by atoms with E-state index in [1.807, 2.05) is 0 Å². The lowest BCUT2D eigenvalue weighted by Crippen LogP contribution is -2.38. The predicted molar refractivity (Wildman–Crippen MR) is 118 cm³/mol. The number of benzene rings is 1. The Labute approximate surface area is 185 Å². The Hall–Kier alpha value is -3.88. The minimum Gasteiger partial charge on any atom is -0.497 e. The highest BCUT2D eigenvalue weighted by Crippen LogP contribution is 2.27. The molecule has 1 N–H and O–H groups in total. The van der Waals surface area contributed by atoms with Crippen molar-refractivity contribution in [2.75, 3.05) is 25.5 Å². The summed E-state index contributed by atoms with van der Waals surface area (Å²) < 4.78 is 5.13. The fourth-order valence-electron chi connectivity index (χ4n) is 3.69. The molecule has 0 radical (unpaired) electrons. The van der Waals surface area contributed by atoms with E-state index >= 15 is 0 Å². The number of aryl methyl sites for hydroxylation is 1. The fourth-order valence-corrected chi connectivity index (χ4v) is 3.69. The number of amides is 2. The number of ether oxygens (including phenoxy) is 1. The Morgan fingerprint density at radius 3 is 2.44 bits per heavy atom. The molecule has 1 saturated heterocycles. The first-order valence-corrected chi connectivity index (χ1v) is 10.4. The lowest BCUT2D eigenvalue weighted by molar-refractivity contribution is 0.0704. The van der Waals surface area contributed by atoms with E-state index in [9.17, 15) is 9.59 Å². The highest BCUT2D eigenvalue weighted by molar-refractivity contribution is 6.04. The van der Waals surface area contributed by atoms with Gasteiger partial charge in [0.15, 0.2) is 0 Å². The van der Waals surface area contributed by atoms with Crippen molar-refractivity contribution in [1.82, 2.24) is 24.8 Å². The van der Waals surface area contributed by atoms with Crippen LogP contribution in [0.4, 0.5) is 5.69 Å². The van der Waals surface area contributed by atoms with Crippen LogP contribution in [0.3, 0.4) is 0 Å². The largest absolute Gasteiger partial charge is 0.497 e. The number of carbonyl (C=O) groups is 2. The molecule has 9 nitrogen and oxygen atoms in total. The SMILES string of the molecule is COc1ccc(NC(=O)c2cnc(C3CCN(C(=O)c4cnccn4)CC3)nc2C)cc1. The summed E-state index contributed by atoms with van der Waals surface area (Å²) in [5, 5.41) is 2.85. The molecule has 164 valence electrons. The summed E-state index contributed by atoms with van der Waals surface area (Å²) in [6, 6.07) is 7.11. The molecule has 3 heterocycles. The van der Waals surface area contributed by atoms with E-state index in [2.05, 4.69) is 25.3 Å². The maximum atomic E-state index is 12.7. The van der Waals surface area contributed by atoms with Crippen molar-refractivity contribution in [3.05, 3.63) is 71.8 Å². The molecule has 0 atom stereocenters. The smallest absolute Gasteiger partial charge is 0.274 e. The van der Waals surface area contributed by atoms with E-state index in [1.165, 1.54) is 12.4 Å². The monoisotopic (exact) mass is 432 g/mol. The second kappa shape index (κ2) is 9.51. The second-order valence-electron chi connectivity index (χ2n) is 7.57. The molecule has 2 aromatic heterocycles. The minimum absolute atomic E-state index is 0.112. The van der Waals surface area contributed by atoms with Crippen molar-refractivity contribution in [2.45, 2.75) is 25.7 Å². The molecule has 0 saturated carbocycles. The Morgan fingerprint density at radius 1 is 1.06 bits per heavy atom. The first kappa shape index (κ1) is 21.4. The first-order chi connectivity index (χ1) is 15.5. The molecule has 32 heavy (non-hydrogen) atoms. The molecule has 0 aliphatic carbocycles. The number of rotatable bonds is 5. The van der Waals surface area contributed by atoms with Crippen LogP contribution < -0.4 is 10.1 Å². The van der Waals surface area contributed by atoms with Crippen LogP contribution in [0.1, 0.15) is 51.1 Å². The van der Waals surface area contributed by atoms with Gasteiger partial charge in [0.1, 0.15) is 17.3 Å². The van der Waals surface area contributed by atoms with Crippen LogP contribution in [0.2, 0.25) is 0 Å². The summed E-state index contributed by atoms with van der Waals surface area (Å²) in [6.07, 6.45) is 7.63. The van der Waals surface area contributed by atoms with Crippen LogP contribution in [-0.2, 0) is 0 Å². The molecule has 4 rings (SSSR count). The molecule has 3 aromatic rings. The number of aromatic nitrogens is 4. The van der Waals surface area contributed by atoms with Crippen LogP contribution in [0, 0.1) is 6.92 Å². The van der Waals surface area contributed by atoms with E-state index in [-0.39, 0.29) is 17.7 Å². The topological polar surface area (TPSA) is 110 Å². The van der Waals surface area contributed by atoms with Crippen molar-refractivity contribution in [3.63, 3.8) is 0 Å². The van der Waals surface area contributed by atoms with E-state index in [4.69, 9.17) is 4.74 Å². The Kier molecular flexibility index (Phi) is 6.34. The molecule has 1 fully saturated rings. The molecule has 9 heteroatoms. The molecule has 1 aromatic carbocycles. The molecule has 0 spiro atoms. The predicted octanol–water partition coefficient (Wildman–Crippen LogP) is 2.86. The summed E-state index contributed by atoms with van der Waals surface area (Å²) in [7, 11) is 1.59. The van der Waals surface area contributed by atoms with Gasteiger partial charge in [0.05, 0.1) is 24.6 Å². The molecular weight excluding hydrogens is 408 g/mol. The van der Waals surface area contributed by atoms with Crippen LogP contribution >= 0.6 is 0 Å². The molecule has 0 bridgehead atoms. The van der Waals surface area contributed by atoms with Crippen LogP contribution in [0.15, 0.2) is 49.1 Å². The van der Waals surface area contributed by atoms with Crippen molar-refractivity contribution in [2.24, 2.45) is 0 Å².